The number of hydrogen-bond donors (Lipinski definition) is 3. The number of urea groups is 1. The van der Waals surface area contributed by atoms with Crippen molar-refractivity contribution in [3.8, 4) is 5.69 Å². The number of benzene rings is 2. The zero-order valence-electron chi connectivity index (χ0n) is 17.2. The van der Waals surface area contributed by atoms with E-state index in [1.54, 1.807) is 18.2 Å². The van der Waals surface area contributed by atoms with Crippen molar-refractivity contribution in [1.82, 2.24) is 14.7 Å². The number of alkyl halides is 3. The highest BCUT2D eigenvalue weighted by Gasteiger charge is 2.35. The third-order valence-corrected chi connectivity index (χ3v) is 4.96. The van der Waals surface area contributed by atoms with Gasteiger partial charge in [-0.15, -0.1) is 0 Å². The summed E-state index contributed by atoms with van der Waals surface area (Å²) in [6, 6.07) is 10.4. The molecule has 0 aliphatic carbocycles. The molecule has 13 heteroatoms. The standard InChI is InChI=1S/C21H15ClF3N5O4/c1-10(31)18-27-14-7-3-6-13(22)17(14)19(32)30(18)12-5-2-4-11(8-12)26-20(33)28-16-9-15(29-34-16)21(23,24)25/h2-10,31H,1H3,(H2,26,28,33)/t10-/m0/s1. The highest BCUT2D eigenvalue weighted by atomic mass is 35.5. The summed E-state index contributed by atoms with van der Waals surface area (Å²) in [4.78, 5) is 29.8. The maximum absolute atomic E-state index is 13.2. The van der Waals surface area contributed by atoms with Crippen molar-refractivity contribution in [2.75, 3.05) is 10.6 Å². The van der Waals surface area contributed by atoms with Crippen LogP contribution in [0, 0.1) is 0 Å². The molecule has 0 spiro atoms. The van der Waals surface area contributed by atoms with Crippen LogP contribution in [0.4, 0.5) is 29.5 Å². The first-order valence-electron chi connectivity index (χ1n) is 9.66. The lowest BCUT2D eigenvalue weighted by Crippen LogP contribution is -2.25. The smallest absolute Gasteiger partial charge is 0.385 e. The summed E-state index contributed by atoms with van der Waals surface area (Å²) < 4.78 is 43.5. The zero-order chi connectivity index (χ0) is 24.6. The Labute approximate surface area is 193 Å². The summed E-state index contributed by atoms with van der Waals surface area (Å²) >= 11 is 6.20. The van der Waals surface area contributed by atoms with E-state index in [4.69, 9.17) is 11.6 Å². The van der Waals surface area contributed by atoms with Gasteiger partial charge in [0.15, 0.2) is 5.69 Å². The van der Waals surface area contributed by atoms with E-state index in [0.717, 1.165) is 4.57 Å². The van der Waals surface area contributed by atoms with Gasteiger partial charge in [-0.1, -0.05) is 28.9 Å². The Kier molecular flexibility index (Phi) is 6.02. The van der Waals surface area contributed by atoms with E-state index in [1.165, 1.54) is 31.2 Å². The van der Waals surface area contributed by atoms with E-state index in [-0.39, 0.29) is 27.6 Å². The molecule has 176 valence electrons. The van der Waals surface area contributed by atoms with Gasteiger partial charge in [-0.05, 0) is 37.3 Å². The lowest BCUT2D eigenvalue weighted by Gasteiger charge is -2.16. The van der Waals surface area contributed by atoms with Crippen molar-refractivity contribution in [1.29, 1.82) is 0 Å². The van der Waals surface area contributed by atoms with Crippen molar-refractivity contribution in [3.63, 3.8) is 0 Å². The second-order valence-corrected chi connectivity index (χ2v) is 7.53. The van der Waals surface area contributed by atoms with Crippen LogP contribution in [-0.4, -0.2) is 25.8 Å². The first-order chi connectivity index (χ1) is 16.0. The predicted octanol–water partition coefficient (Wildman–Crippen LogP) is 4.74. The second-order valence-electron chi connectivity index (χ2n) is 7.12. The molecule has 1 atom stereocenters. The monoisotopic (exact) mass is 493 g/mol. The highest BCUT2D eigenvalue weighted by Crippen LogP contribution is 2.30. The minimum Gasteiger partial charge on any atom is -0.385 e. The molecule has 4 rings (SSSR count). The van der Waals surface area contributed by atoms with E-state index in [9.17, 15) is 27.9 Å². The van der Waals surface area contributed by atoms with Gasteiger partial charge < -0.3 is 14.9 Å². The molecule has 0 saturated heterocycles. The number of carbonyl (C=O) groups is 1. The Morgan fingerprint density at radius 2 is 1.91 bits per heavy atom. The number of fused-ring (bicyclic) bond motifs is 1. The molecule has 0 unspecified atom stereocenters. The highest BCUT2D eigenvalue weighted by molar-refractivity contribution is 6.35. The Bertz CT molecular complexity index is 1450. The average molecular weight is 494 g/mol. The average Bonchev–Trinajstić information content (AvgIpc) is 3.22. The van der Waals surface area contributed by atoms with E-state index < -0.39 is 35.4 Å². The zero-order valence-corrected chi connectivity index (χ0v) is 18.0. The number of nitrogens with one attached hydrogen (secondary N) is 2. The van der Waals surface area contributed by atoms with Gasteiger partial charge in [-0.3, -0.25) is 14.7 Å². The molecule has 9 nitrogen and oxygen atoms in total. The van der Waals surface area contributed by atoms with Gasteiger partial charge in [0, 0.05) is 11.8 Å². The fraction of sp³-hybridized carbons (Fsp3) is 0.143. The lowest BCUT2D eigenvalue weighted by atomic mass is 10.2. The number of aliphatic hydroxyl groups is 1. The summed E-state index contributed by atoms with van der Waals surface area (Å²) in [6.07, 6.45) is -5.84. The quantitative estimate of drug-likeness (QED) is 0.377. The summed E-state index contributed by atoms with van der Waals surface area (Å²) in [7, 11) is 0. The third-order valence-electron chi connectivity index (χ3n) is 4.65. The number of aromatic nitrogens is 3. The molecule has 0 bridgehead atoms. The Morgan fingerprint density at radius 3 is 2.59 bits per heavy atom. The molecule has 34 heavy (non-hydrogen) atoms. The third kappa shape index (κ3) is 4.58. The summed E-state index contributed by atoms with van der Waals surface area (Å²) in [5.41, 5.74) is -1.07. The van der Waals surface area contributed by atoms with E-state index >= 15 is 0 Å². The first-order valence-corrected chi connectivity index (χ1v) is 10.0. The van der Waals surface area contributed by atoms with Crippen LogP contribution in [0.3, 0.4) is 0 Å². The number of halogens is 4. The molecule has 3 N–H and O–H groups in total. The van der Waals surface area contributed by atoms with E-state index in [2.05, 4.69) is 25.3 Å². The van der Waals surface area contributed by atoms with Gasteiger partial charge in [0.2, 0.25) is 5.88 Å². The van der Waals surface area contributed by atoms with Gasteiger partial charge in [0.25, 0.3) is 5.56 Å². The van der Waals surface area contributed by atoms with Crippen molar-refractivity contribution in [2.45, 2.75) is 19.2 Å². The van der Waals surface area contributed by atoms with Crippen molar-refractivity contribution >= 4 is 40.1 Å². The number of carbonyl (C=O) groups excluding carboxylic acids is 1. The van der Waals surface area contributed by atoms with Gasteiger partial charge in [-0.25, -0.2) is 9.78 Å². The number of aliphatic hydroxyl groups excluding tert-OH is 1. The molecule has 0 aliphatic rings. The van der Waals surface area contributed by atoms with Gasteiger partial charge in [0.1, 0.15) is 11.9 Å². The molecular weight excluding hydrogens is 479 g/mol. The van der Waals surface area contributed by atoms with Crippen LogP contribution in [0.5, 0.6) is 0 Å². The van der Waals surface area contributed by atoms with Crippen LogP contribution in [-0.2, 0) is 6.18 Å². The molecule has 4 aromatic rings. The molecule has 2 amide bonds. The maximum Gasteiger partial charge on any atom is 0.436 e. The van der Waals surface area contributed by atoms with Crippen LogP contribution in [0.1, 0.15) is 24.5 Å². The molecular formula is C21H15ClF3N5O4. The number of nitrogens with zero attached hydrogens (tertiary/aromatic N) is 3. The minimum atomic E-state index is -4.72. The summed E-state index contributed by atoms with van der Waals surface area (Å²) in [5.74, 6) is -0.468. The molecule has 2 aromatic carbocycles. The minimum absolute atomic E-state index is 0.0442. The molecule has 0 saturated carbocycles. The fourth-order valence-corrected chi connectivity index (χ4v) is 3.45. The van der Waals surface area contributed by atoms with Gasteiger partial charge >= 0.3 is 12.2 Å². The van der Waals surface area contributed by atoms with E-state index in [1.807, 2.05) is 0 Å². The molecule has 2 heterocycles. The number of amides is 2. The van der Waals surface area contributed by atoms with Crippen molar-refractivity contribution < 1.29 is 27.6 Å². The topological polar surface area (TPSA) is 122 Å². The van der Waals surface area contributed by atoms with Crippen LogP contribution in [0.2, 0.25) is 5.02 Å². The van der Waals surface area contributed by atoms with Crippen molar-refractivity contribution in [2.24, 2.45) is 0 Å². The van der Waals surface area contributed by atoms with Crippen LogP contribution in [0.15, 0.2) is 57.8 Å². The Hall–Kier alpha value is -3.90. The normalized spacial score (nSPS) is 12.5. The van der Waals surface area contributed by atoms with Crippen LogP contribution >= 0.6 is 11.6 Å². The summed E-state index contributed by atoms with van der Waals surface area (Å²) in [5, 5.41) is 17.9. The van der Waals surface area contributed by atoms with Gasteiger partial charge in [0.05, 0.1) is 21.6 Å². The largest absolute Gasteiger partial charge is 0.436 e. The first kappa shape index (κ1) is 23.3. The summed E-state index contributed by atoms with van der Waals surface area (Å²) in [6.45, 7) is 1.44. The maximum atomic E-state index is 13.2. The van der Waals surface area contributed by atoms with Gasteiger partial charge in [-0.2, -0.15) is 13.2 Å². The number of anilines is 2. The van der Waals surface area contributed by atoms with Crippen molar-refractivity contribution in [3.05, 3.63) is 75.4 Å². The molecule has 2 aromatic heterocycles. The van der Waals surface area contributed by atoms with E-state index in [0.29, 0.717) is 11.6 Å². The second kappa shape index (κ2) is 8.80. The number of rotatable bonds is 4. The predicted molar refractivity (Wildman–Crippen MR) is 117 cm³/mol. The lowest BCUT2D eigenvalue weighted by molar-refractivity contribution is -0.142. The van der Waals surface area contributed by atoms with Crippen LogP contribution in [0.25, 0.3) is 16.6 Å². The molecule has 0 aliphatic heterocycles. The SMILES string of the molecule is C[C@H](O)c1nc2cccc(Cl)c2c(=O)n1-c1cccc(NC(=O)Nc2cc(C(F)(F)F)no2)c1. The Balaban J connectivity index is 1.66. The number of hydrogen-bond acceptors (Lipinski definition) is 6. The Morgan fingerprint density at radius 1 is 1.18 bits per heavy atom. The molecule has 0 fully saturated rings. The fourth-order valence-electron chi connectivity index (χ4n) is 3.20. The molecule has 0 radical (unpaired) electrons. The van der Waals surface area contributed by atoms with Crippen LogP contribution < -0.4 is 16.2 Å².